The Kier molecular flexibility index (Phi) is 9.01. The second-order valence-electron chi connectivity index (χ2n) is 7.32. The number of rotatable bonds is 11. The molecule has 0 aliphatic rings. The highest BCUT2D eigenvalue weighted by atomic mass is 79.9. The molecule has 1 N–H and O–H groups in total. The van der Waals surface area contributed by atoms with E-state index < -0.39 is 0 Å². The predicted molar refractivity (Wildman–Crippen MR) is 135 cm³/mol. The zero-order valence-corrected chi connectivity index (χ0v) is 20.9. The molecule has 0 fully saturated rings. The maximum absolute atomic E-state index is 6.07. The molecular formula is C26H29BrN2O4. The van der Waals surface area contributed by atoms with Gasteiger partial charge in [-0.3, -0.25) is 0 Å². The van der Waals surface area contributed by atoms with Crippen molar-refractivity contribution < 1.29 is 18.9 Å². The predicted octanol–water partition coefficient (Wildman–Crippen LogP) is 5.88. The number of hydrazone groups is 1. The van der Waals surface area contributed by atoms with E-state index in [4.69, 9.17) is 18.9 Å². The molecule has 0 amide bonds. The summed E-state index contributed by atoms with van der Waals surface area (Å²) >= 11 is 3.62. The van der Waals surface area contributed by atoms with Crippen LogP contribution in [0.3, 0.4) is 0 Å². The second kappa shape index (κ2) is 12.2. The number of aryl methyl sites for hydroxylation is 1. The number of benzene rings is 3. The highest BCUT2D eigenvalue weighted by Crippen LogP contribution is 2.37. The Balaban J connectivity index is 1.66. The molecule has 174 valence electrons. The minimum absolute atomic E-state index is 0.458. The van der Waals surface area contributed by atoms with Crippen LogP contribution in [0.1, 0.15) is 29.2 Å². The number of ether oxygens (including phenoxy) is 4. The van der Waals surface area contributed by atoms with Gasteiger partial charge >= 0.3 is 0 Å². The molecule has 0 aliphatic heterocycles. The SMILES string of the molecule is CCOc1cc(/C=N\NCc2ccc(OC)c(OC)c2)cc(Br)c1OCc1ccc(C)cc1. The van der Waals surface area contributed by atoms with Crippen molar-refractivity contribution in [1.29, 1.82) is 0 Å². The molecule has 0 bridgehead atoms. The minimum Gasteiger partial charge on any atom is -0.493 e. The van der Waals surface area contributed by atoms with Gasteiger partial charge in [-0.05, 0) is 70.7 Å². The first-order valence-corrected chi connectivity index (χ1v) is 11.4. The summed E-state index contributed by atoms with van der Waals surface area (Å²) in [6.07, 6.45) is 1.75. The molecule has 0 aromatic heterocycles. The van der Waals surface area contributed by atoms with Crippen LogP contribution < -0.4 is 24.4 Å². The molecule has 0 saturated carbocycles. The Morgan fingerprint density at radius 1 is 0.879 bits per heavy atom. The quantitative estimate of drug-likeness (QED) is 0.257. The monoisotopic (exact) mass is 512 g/mol. The van der Waals surface area contributed by atoms with E-state index in [2.05, 4.69) is 57.6 Å². The average Bonchev–Trinajstić information content (AvgIpc) is 2.82. The van der Waals surface area contributed by atoms with E-state index in [1.165, 1.54) is 5.56 Å². The molecule has 3 rings (SSSR count). The summed E-state index contributed by atoms with van der Waals surface area (Å²) in [7, 11) is 3.24. The molecule has 0 atom stereocenters. The van der Waals surface area contributed by atoms with Gasteiger partial charge in [0, 0.05) is 0 Å². The number of nitrogens with one attached hydrogen (secondary N) is 1. The topological polar surface area (TPSA) is 61.3 Å². The molecule has 7 heteroatoms. The summed E-state index contributed by atoms with van der Waals surface area (Å²) in [5.74, 6) is 2.73. The molecule has 0 saturated heterocycles. The van der Waals surface area contributed by atoms with Crippen molar-refractivity contribution in [2.45, 2.75) is 27.0 Å². The van der Waals surface area contributed by atoms with Gasteiger partial charge in [0.2, 0.25) is 0 Å². The van der Waals surface area contributed by atoms with Crippen molar-refractivity contribution in [3.8, 4) is 23.0 Å². The molecule has 0 heterocycles. The Labute approximate surface area is 203 Å². The van der Waals surface area contributed by atoms with E-state index >= 15 is 0 Å². The van der Waals surface area contributed by atoms with Gasteiger partial charge in [0.05, 0.1) is 38.1 Å². The van der Waals surface area contributed by atoms with Crippen molar-refractivity contribution in [2.75, 3.05) is 20.8 Å². The van der Waals surface area contributed by atoms with Crippen LogP contribution in [0.2, 0.25) is 0 Å². The fourth-order valence-corrected chi connectivity index (χ4v) is 3.73. The van der Waals surface area contributed by atoms with Crippen LogP contribution in [-0.2, 0) is 13.2 Å². The Morgan fingerprint density at radius 2 is 1.61 bits per heavy atom. The first-order chi connectivity index (χ1) is 16.0. The smallest absolute Gasteiger partial charge is 0.175 e. The van der Waals surface area contributed by atoms with Gasteiger partial charge in [0.1, 0.15) is 6.61 Å². The van der Waals surface area contributed by atoms with Crippen LogP contribution in [0, 0.1) is 6.92 Å². The highest BCUT2D eigenvalue weighted by Gasteiger charge is 2.12. The third-order valence-corrected chi connectivity index (χ3v) is 5.46. The highest BCUT2D eigenvalue weighted by molar-refractivity contribution is 9.10. The van der Waals surface area contributed by atoms with Crippen LogP contribution in [0.15, 0.2) is 64.2 Å². The summed E-state index contributed by atoms with van der Waals surface area (Å²) < 4.78 is 23.3. The number of hydrogen-bond donors (Lipinski definition) is 1. The number of nitrogens with zero attached hydrogens (tertiary/aromatic N) is 1. The van der Waals surface area contributed by atoms with Gasteiger partial charge in [-0.1, -0.05) is 35.9 Å². The molecule has 3 aromatic rings. The van der Waals surface area contributed by atoms with E-state index in [1.54, 1.807) is 20.4 Å². The lowest BCUT2D eigenvalue weighted by molar-refractivity contribution is 0.267. The Bertz CT molecular complexity index is 1080. The lowest BCUT2D eigenvalue weighted by Gasteiger charge is -2.15. The third-order valence-electron chi connectivity index (χ3n) is 4.87. The van der Waals surface area contributed by atoms with Gasteiger partial charge < -0.3 is 24.4 Å². The molecule has 0 aliphatic carbocycles. The molecule has 0 spiro atoms. The van der Waals surface area contributed by atoms with E-state index in [1.807, 2.05) is 37.3 Å². The van der Waals surface area contributed by atoms with Crippen LogP contribution in [0.25, 0.3) is 0 Å². The Morgan fingerprint density at radius 3 is 2.30 bits per heavy atom. The average molecular weight is 513 g/mol. The number of methoxy groups -OCH3 is 2. The first-order valence-electron chi connectivity index (χ1n) is 10.7. The van der Waals surface area contributed by atoms with Crippen LogP contribution >= 0.6 is 15.9 Å². The number of hydrogen-bond acceptors (Lipinski definition) is 6. The van der Waals surface area contributed by atoms with Crippen molar-refractivity contribution in [1.82, 2.24) is 5.43 Å². The van der Waals surface area contributed by atoms with Crippen molar-refractivity contribution in [2.24, 2.45) is 5.10 Å². The lowest BCUT2D eigenvalue weighted by atomic mass is 10.1. The first kappa shape index (κ1) is 24.5. The summed E-state index contributed by atoms with van der Waals surface area (Å²) in [4.78, 5) is 0. The van der Waals surface area contributed by atoms with Crippen LogP contribution in [-0.4, -0.2) is 27.0 Å². The molecular weight excluding hydrogens is 484 g/mol. The van der Waals surface area contributed by atoms with Gasteiger partial charge in [-0.2, -0.15) is 5.10 Å². The van der Waals surface area contributed by atoms with Crippen LogP contribution in [0.4, 0.5) is 0 Å². The van der Waals surface area contributed by atoms with Crippen molar-refractivity contribution in [3.05, 3.63) is 81.3 Å². The summed E-state index contributed by atoms with van der Waals surface area (Å²) in [6, 6.07) is 17.9. The summed E-state index contributed by atoms with van der Waals surface area (Å²) in [5, 5.41) is 4.34. The molecule has 0 unspecified atom stereocenters. The lowest BCUT2D eigenvalue weighted by Crippen LogP contribution is -2.06. The third kappa shape index (κ3) is 6.89. The minimum atomic E-state index is 0.458. The number of halogens is 1. The van der Waals surface area contributed by atoms with Gasteiger partial charge in [0.25, 0.3) is 0 Å². The van der Waals surface area contributed by atoms with Crippen molar-refractivity contribution >= 4 is 22.1 Å². The van der Waals surface area contributed by atoms with E-state index in [0.717, 1.165) is 21.2 Å². The van der Waals surface area contributed by atoms with Gasteiger partial charge in [-0.25, -0.2) is 0 Å². The largest absolute Gasteiger partial charge is 0.493 e. The molecule has 6 nitrogen and oxygen atoms in total. The van der Waals surface area contributed by atoms with Gasteiger partial charge in [0.15, 0.2) is 23.0 Å². The molecule has 33 heavy (non-hydrogen) atoms. The summed E-state index contributed by atoms with van der Waals surface area (Å²) in [5.41, 5.74) is 7.29. The van der Waals surface area contributed by atoms with E-state index in [0.29, 0.717) is 42.8 Å². The van der Waals surface area contributed by atoms with E-state index in [-0.39, 0.29) is 0 Å². The van der Waals surface area contributed by atoms with Crippen molar-refractivity contribution in [3.63, 3.8) is 0 Å². The molecule has 0 radical (unpaired) electrons. The maximum Gasteiger partial charge on any atom is 0.175 e. The fourth-order valence-electron chi connectivity index (χ4n) is 3.15. The zero-order valence-electron chi connectivity index (χ0n) is 19.4. The standard InChI is InChI=1S/C26H29BrN2O4/c1-5-32-25-14-21(12-22(27)26(25)33-17-19-8-6-18(2)7-9-19)16-29-28-15-20-10-11-23(30-3)24(13-20)31-4/h6-14,16,28H,5,15,17H2,1-4H3/b29-16-. The fraction of sp³-hybridized carbons (Fsp3) is 0.269. The second-order valence-corrected chi connectivity index (χ2v) is 8.17. The normalized spacial score (nSPS) is 10.8. The summed E-state index contributed by atoms with van der Waals surface area (Å²) in [6.45, 7) is 5.55. The zero-order chi connectivity index (χ0) is 23.6. The molecule has 3 aromatic carbocycles. The van der Waals surface area contributed by atoms with Crippen LogP contribution in [0.5, 0.6) is 23.0 Å². The van der Waals surface area contributed by atoms with E-state index in [9.17, 15) is 0 Å². The Hall–Kier alpha value is -3.19. The van der Waals surface area contributed by atoms with Gasteiger partial charge in [-0.15, -0.1) is 0 Å². The maximum atomic E-state index is 6.07.